The number of fused-ring (bicyclic) bond motifs is 1. The van der Waals surface area contributed by atoms with Crippen molar-refractivity contribution in [3.05, 3.63) is 40.9 Å². The molecule has 0 aliphatic heterocycles. The number of amides is 1. The lowest BCUT2D eigenvalue weighted by Gasteiger charge is -2.30. The smallest absolute Gasteiger partial charge is 0.252 e. The number of nitrogens with two attached hydrogens (primary N) is 2. The van der Waals surface area contributed by atoms with E-state index < -0.39 is 5.91 Å². The van der Waals surface area contributed by atoms with Crippen LogP contribution in [0.1, 0.15) is 41.6 Å². The number of nitrogens with one attached hydrogen (secondary N) is 2. The number of thiazole rings is 1. The Kier molecular flexibility index (Phi) is 5.29. The first-order valence-electron chi connectivity index (χ1n) is 9.42. The summed E-state index contributed by atoms with van der Waals surface area (Å²) < 4.78 is 1.01. The number of hydrogen-bond donors (Lipinski definition) is 4. The summed E-state index contributed by atoms with van der Waals surface area (Å²) in [4.78, 5) is 20.8. The maximum Gasteiger partial charge on any atom is 0.252 e. The van der Waals surface area contributed by atoms with E-state index in [1.807, 2.05) is 18.2 Å². The van der Waals surface area contributed by atoms with E-state index >= 15 is 0 Å². The van der Waals surface area contributed by atoms with Gasteiger partial charge in [0, 0.05) is 17.8 Å². The van der Waals surface area contributed by atoms with E-state index in [4.69, 9.17) is 11.5 Å². The predicted octanol–water partition coefficient (Wildman–Crippen LogP) is 3.09. The Balaban J connectivity index is 1.70. The summed E-state index contributed by atoms with van der Waals surface area (Å²) in [7, 11) is 0. The molecule has 2 heterocycles. The maximum absolute atomic E-state index is 12.0. The SMILES string of the molecule is N#Cc1cc(C(N)=O)c(Nc2ccc3ncsc3c2)nc1NC1CCCCC1N. The highest BCUT2D eigenvalue weighted by atomic mass is 32.1. The van der Waals surface area contributed by atoms with Crippen LogP contribution in [0.25, 0.3) is 10.2 Å². The predicted molar refractivity (Wildman–Crippen MR) is 114 cm³/mol. The zero-order valence-corrected chi connectivity index (χ0v) is 16.5. The number of carbonyl (C=O) groups excluding carboxylic acids is 1. The standard InChI is InChI=1S/C20H21N7OS/c21-9-11-7-13(18(23)28)20(25-12-5-6-16-17(8-12)29-10-24-16)27-19(11)26-15-4-2-1-3-14(15)22/h5-8,10,14-15H,1-4,22H2,(H2,23,28)(H2,25,26,27). The van der Waals surface area contributed by atoms with Gasteiger partial charge in [0.1, 0.15) is 17.7 Å². The topological polar surface area (TPSA) is 143 Å². The van der Waals surface area contributed by atoms with E-state index in [0.29, 0.717) is 11.6 Å². The molecule has 3 aromatic rings. The van der Waals surface area contributed by atoms with Gasteiger partial charge in [-0.05, 0) is 37.1 Å². The minimum absolute atomic E-state index is 0.00180. The molecule has 1 fully saturated rings. The van der Waals surface area contributed by atoms with Gasteiger partial charge in [0.05, 0.1) is 26.9 Å². The van der Waals surface area contributed by atoms with Crippen LogP contribution in [-0.2, 0) is 0 Å². The van der Waals surface area contributed by atoms with Gasteiger partial charge in [0.2, 0.25) is 0 Å². The van der Waals surface area contributed by atoms with Gasteiger partial charge in [-0.25, -0.2) is 9.97 Å². The average molecular weight is 408 g/mol. The first kappa shape index (κ1) is 19.1. The number of pyridine rings is 1. The molecule has 29 heavy (non-hydrogen) atoms. The molecule has 0 saturated heterocycles. The Bertz CT molecular complexity index is 1100. The molecule has 1 aliphatic carbocycles. The molecule has 1 amide bonds. The minimum Gasteiger partial charge on any atom is -0.365 e. The van der Waals surface area contributed by atoms with Gasteiger partial charge in [-0.15, -0.1) is 11.3 Å². The zero-order valence-electron chi connectivity index (χ0n) is 15.7. The molecular formula is C20H21N7OS. The number of carbonyl (C=O) groups is 1. The summed E-state index contributed by atoms with van der Waals surface area (Å²) in [5.41, 5.74) is 15.6. The van der Waals surface area contributed by atoms with Crippen molar-refractivity contribution in [2.24, 2.45) is 11.5 Å². The molecule has 6 N–H and O–H groups in total. The van der Waals surface area contributed by atoms with Crippen molar-refractivity contribution in [2.75, 3.05) is 10.6 Å². The number of nitriles is 1. The molecule has 2 atom stereocenters. The van der Waals surface area contributed by atoms with Gasteiger partial charge >= 0.3 is 0 Å². The van der Waals surface area contributed by atoms with Crippen LogP contribution in [-0.4, -0.2) is 28.0 Å². The molecule has 1 aliphatic rings. The lowest BCUT2D eigenvalue weighted by Crippen LogP contribution is -2.43. The van der Waals surface area contributed by atoms with E-state index in [1.165, 1.54) is 17.4 Å². The molecular weight excluding hydrogens is 386 g/mol. The summed E-state index contributed by atoms with van der Waals surface area (Å²) >= 11 is 1.52. The van der Waals surface area contributed by atoms with E-state index in [1.54, 1.807) is 5.51 Å². The summed E-state index contributed by atoms with van der Waals surface area (Å²) in [5.74, 6) is 0.0461. The van der Waals surface area contributed by atoms with Crippen molar-refractivity contribution >= 4 is 44.8 Å². The number of anilines is 3. The summed E-state index contributed by atoms with van der Waals surface area (Å²) in [6.07, 6.45) is 4.02. The van der Waals surface area contributed by atoms with E-state index in [9.17, 15) is 10.1 Å². The Hall–Kier alpha value is -3.22. The van der Waals surface area contributed by atoms with Crippen LogP contribution < -0.4 is 22.1 Å². The molecule has 2 aromatic heterocycles. The number of nitrogens with zero attached hydrogens (tertiary/aromatic N) is 3. The van der Waals surface area contributed by atoms with E-state index in [2.05, 4.69) is 26.7 Å². The van der Waals surface area contributed by atoms with Crippen molar-refractivity contribution in [1.82, 2.24) is 9.97 Å². The fourth-order valence-electron chi connectivity index (χ4n) is 3.58. The van der Waals surface area contributed by atoms with Gasteiger partial charge in [0.15, 0.2) is 0 Å². The van der Waals surface area contributed by atoms with Crippen LogP contribution in [0.4, 0.5) is 17.3 Å². The third-order valence-corrected chi connectivity index (χ3v) is 5.94. The third-order valence-electron chi connectivity index (χ3n) is 5.14. The summed E-state index contributed by atoms with van der Waals surface area (Å²) in [6, 6.07) is 9.28. The van der Waals surface area contributed by atoms with Crippen molar-refractivity contribution < 1.29 is 4.79 Å². The highest BCUT2D eigenvalue weighted by Crippen LogP contribution is 2.29. The van der Waals surface area contributed by atoms with Crippen molar-refractivity contribution in [1.29, 1.82) is 5.26 Å². The lowest BCUT2D eigenvalue weighted by molar-refractivity contribution is 0.100. The second-order valence-corrected chi connectivity index (χ2v) is 8.00. The van der Waals surface area contributed by atoms with E-state index in [-0.39, 0.29) is 23.2 Å². The highest BCUT2D eigenvalue weighted by Gasteiger charge is 2.24. The first-order valence-corrected chi connectivity index (χ1v) is 10.3. The highest BCUT2D eigenvalue weighted by molar-refractivity contribution is 7.16. The molecule has 148 valence electrons. The molecule has 4 rings (SSSR count). The maximum atomic E-state index is 12.0. The molecule has 0 spiro atoms. The van der Waals surface area contributed by atoms with Gasteiger partial charge in [0.25, 0.3) is 5.91 Å². The number of primary amides is 1. The number of rotatable bonds is 5. The quantitative estimate of drug-likeness (QED) is 0.509. The molecule has 8 nitrogen and oxygen atoms in total. The van der Waals surface area contributed by atoms with Crippen LogP contribution in [0.15, 0.2) is 29.8 Å². The Labute approximate surface area is 171 Å². The van der Waals surface area contributed by atoms with Crippen molar-refractivity contribution in [3.8, 4) is 6.07 Å². The summed E-state index contributed by atoms with van der Waals surface area (Å²) in [6.45, 7) is 0. The Morgan fingerprint density at radius 1 is 1.24 bits per heavy atom. The van der Waals surface area contributed by atoms with Crippen molar-refractivity contribution in [2.45, 2.75) is 37.8 Å². The lowest BCUT2D eigenvalue weighted by atomic mass is 9.91. The van der Waals surface area contributed by atoms with Crippen molar-refractivity contribution in [3.63, 3.8) is 0 Å². The van der Waals surface area contributed by atoms with Crippen LogP contribution >= 0.6 is 11.3 Å². The van der Waals surface area contributed by atoms with Gasteiger partial charge in [-0.3, -0.25) is 4.79 Å². The number of aromatic nitrogens is 2. The average Bonchev–Trinajstić information content (AvgIpc) is 3.17. The molecule has 1 saturated carbocycles. The van der Waals surface area contributed by atoms with E-state index in [0.717, 1.165) is 41.6 Å². The number of hydrogen-bond acceptors (Lipinski definition) is 8. The van der Waals surface area contributed by atoms with Gasteiger partial charge < -0.3 is 22.1 Å². The molecule has 9 heteroatoms. The second-order valence-electron chi connectivity index (χ2n) is 7.12. The Morgan fingerprint density at radius 3 is 2.83 bits per heavy atom. The van der Waals surface area contributed by atoms with Crippen LogP contribution in [0.3, 0.4) is 0 Å². The van der Waals surface area contributed by atoms with Crippen LogP contribution in [0.5, 0.6) is 0 Å². The normalized spacial score (nSPS) is 18.9. The molecule has 1 aromatic carbocycles. The van der Waals surface area contributed by atoms with Gasteiger partial charge in [-0.2, -0.15) is 5.26 Å². The monoisotopic (exact) mass is 407 g/mol. The fraction of sp³-hybridized carbons (Fsp3) is 0.300. The molecule has 0 bridgehead atoms. The molecule has 0 radical (unpaired) electrons. The minimum atomic E-state index is -0.656. The fourth-order valence-corrected chi connectivity index (χ4v) is 4.29. The largest absolute Gasteiger partial charge is 0.365 e. The van der Waals surface area contributed by atoms with Crippen LogP contribution in [0.2, 0.25) is 0 Å². The summed E-state index contributed by atoms with van der Waals surface area (Å²) in [5, 5.41) is 16.0. The first-order chi connectivity index (χ1) is 14.0. The third kappa shape index (κ3) is 3.99. The van der Waals surface area contributed by atoms with Crippen LogP contribution in [0, 0.1) is 11.3 Å². The Morgan fingerprint density at radius 2 is 2.07 bits per heavy atom. The zero-order chi connectivity index (χ0) is 20.4. The van der Waals surface area contributed by atoms with Gasteiger partial charge in [-0.1, -0.05) is 12.8 Å². The number of benzene rings is 1. The second kappa shape index (κ2) is 8.03. The molecule has 2 unspecified atom stereocenters.